The number of fused-ring (bicyclic) bond motifs is 1. The number of aromatic nitrogens is 4. The fourth-order valence-corrected chi connectivity index (χ4v) is 3.28. The van der Waals surface area contributed by atoms with Crippen molar-refractivity contribution in [3.05, 3.63) is 38.7 Å². The molecule has 0 atom stereocenters. The molecule has 104 valence electrons. The second-order valence-corrected chi connectivity index (χ2v) is 6.10. The van der Waals surface area contributed by atoms with E-state index in [4.69, 9.17) is 12.2 Å². The van der Waals surface area contributed by atoms with E-state index in [2.05, 4.69) is 56.6 Å². The Hall–Kier alpha value is -1.40. The molecular weight excluding hydrogens is 336 g/mol. The Kier molecular flexibility index (Phi) is 3.30. The molecule has 6 heteroatoms. The molecule has 4 nitrogen and oxygen atoms in total. The molecule has 2 heterocycles. The van der Waals surface area contributed by atoms with Gasteiger partial charge in [-0.25, -0.2) is 4.68 Å². The van der Waals surface area contributed by atoms with E-state index in [1.807, 2.05) is 17.7 Å². The highest BCUT2D eigenvalue weighted by Gasteiger charge is 2.16. The van der Waals surface area contributed by atoms with Crippen LogP contribution in [0.1, 0.15) is 18.2 Å². The summed E-state index contributed by atoms with van der Waals surface area (Å²) in [5.41, 5.74) is 5.26. The molecule has 3 aromatic rings. The molecule has 0 unspecified atom stereocenters. The Balaban J connectivity index is 2.41. The molecule has 0 saturated heterocycles. The summed E-state index contributed by atoms with van der Waals surface area (Å²) in [7, 11) is 0. The van der Waals surface area contributed by atoms with Gasteiger partial charge in [-0.15, -0.1) is 0 Å². The first-order valence-corrected chi connectivity index (χ1v) is 7.67. The van der Waals surface area contributed by atoms with Crippen molar-refractivity contribution in [2.45, 2.75) is 27.3 Å². The zero-order valence-corrected chi connectivity index (χ0v) is 14.0. The van der Waals surface area contributed by atoms with Gasteiger partial charge in [-0.2, -0.15) is 5.10 Å². The van der Waals surface area contributed by atoms with Crippen LogP contribution in [0.5, 0.6) is 0 Å². The summed E-state index contributed by atoms with van der Waals surface area (Å²) in [6, 6.07) is 6.20. The minimum absolute atomic E-state index is 0.702. The fraction of sp³-hybridized carbons (Fsp3) is 0.286. The van der Waals surface area contributed by atoms with Crippen LogP contribution < -0.4 is 0 Å². The quantitative estimate of drug-likeness (QED) is 0.700. The van der Waals surface area contributed by atoms with Crippen molar-refractivity contribution < 1.29 is 0 Å². The van der Waals surface area contributed by atoms with E-state index in [9.17, 15) is 0 Å². The molecule has 0 bridgehead atoms. The molecule has 0 aliphatic rings. The first-order chi connectivity index (χ1) is 9.52. The highest BCUT2D eigenvalue weighted by molar-refractivity contribution is 9.10. The van der Waals surface area contributed by atoms with Gasteiger partial charge in [0.15, 0.2) is 10.4 Å². The Bertz CT molecular complexity index is 856. The van der Waals surface area contributed by atoms with Gasteiger partial charge in [0.2, 0.25) is 0 Å². The molecule has 3 rings (SSSR count). The molecule has 20 heavy (non-hydrogen) atoms. The molecule has 1 N–H and O–H groups in total. The van der Waals surface area contributed by atoms with Crippen LogP contribution in [0.15, 0.2) is 22.7 Å². The second kappa shape index (κ2) is 4.86. The summed E-state index contributed by atoms with van der Waals surface area (Å²) in [5, 5.41) is 4.55. The summed E-state index contributed by atoms with van der Waals surface area (Å²) >= 11 is 9.00. The van der Waals surface area contributed by atoms with Gasteiger partial charge in [0.25, 0.3) is 0 Å². The summed E-state index contributed by atoms with van der Waals surface area (Å²) in [6.07, 6.45) is 0. The number of nitrogens with zero attached hydrogens (tertiary/aromatic N) is 3. The van der Waals surface area contributed by atoms with E-state index in [0.29, 0.717) is 4.77 Å². The Labute approximate surface area is 130 Å². The van der Waals surface area contributed by atoms with Crippen LogP contribution in [0.3, 0.4) is 0 Å². The second-order valence-electron chi connectivity index (χ2n) is 4.80. The van der Waals surface area contributed by atoms with E-state index in [-0.39, 0.29) is 0 Å². The van der Waals surface area contributed by atoms with Crippen molar-refractivity contribution in [2.24, 2.45) is 0 Å². The van der Waals surface area contributed by atoms with Crippen molar-refractivity contribution in [3.63, 3.8) is 0 Å². The highest BCUT2D eigenvalue weighted by Crippen LogP contribution is 2.25. The maximum absolute atomic E-state index is 5.50. The van der Waals surface area contributed by atoms with Crippen LogP contribution in [-0.2, 0) is 6.54 Å². The van der Waals surface area contributed by atoms with Crippen molar-refractivity contribution >= 4 is 39.3 Å². The minimum atomic E-state index is 0.702. The predicted octanol–water partition coefficient (Wildman–Crippen LogP) is 4.28. The zero-order valence-electron chi connectivity index (χ0n) is 11.6. The Morgan fingerprint density at radius 3 is 2.75 bits per heavy atom. The average molecular weight is 351 g/mol. The summed E-state index contributed by atoms with van der Waals surface area (Å²) in [5.74, 6) is 0. The fourth-order valence-electron chi connectivity index (χ4n) is 2.52. The highest BCUT2D eigenvalue weighted by atomic mass is 79.9. The average Bonchev–Trinajstić information content (AvgIpc) is 2.88. The molecule has 0 aliphatic carbocycles. The predicted molar refractivity (Wildman–Crippen MR) is 87.1 cm³/mol. The number of rotatable bonds is 2. The summed E-state index contributed by atoms with van der Waals surface area (Å²) in [6.45, 7) is 6.98. The smallest absolute Gasteiger partial charge is 0.184 e. The molecule has 0 aliphatic heterocycles. The van der Waals surface area contributed by atoms with Crippen molar-refractivity contribution in [1.29, 1.82) is 0 Å². The van der Waals surface area contributed by atoms with E-state index in [1.54, 1.807) is 0 Å². The van der Waals surface area contributed by atoms with Crippen LogP contribution in [-0.4, -0.2) is 19.3 Å². The SMILES string of the molecule is CCn1nc(C)c2[nH]c(=S)n(-c3ccc(Br)cc3C)c21. The topological polar surface area (TPSA) is 38.5 Å². The lowest BCUT2D eigenvalue weighted by atomic mass is 10.2. The van der Waals surface area contributed by atoms with Crippen LogP contribution in [0, 0.1) is 18.6 Å². The maximum atomic E-state index is 5.50. The number of hydrogen-bond acceptors (Lipinski definition) is 2. The Morgan fingerprint density at radius 1 is 1.35 bits per heavy atom. The molecule has 2 aromatic heterocycles. The Morgan fingerprint density at radius 2 is 2.10 bits per heavy atom. The monoisotopic (exact) mass is 350 g/mol. The summed E-state index contributed by atoms with van der Waals surface area (Å²) in [4.78, 5) is 3.27. The number of H-pyrrole nitrogens is 1. The van der Waals surface area contributed by atoms with Gasteiger partial charge >= 0.3 is 0 Å². The van der Waals surface area contributed by atoms with Crippen molar-refractivity contribution in [2.75, 3.05) is 0 Å². The molecule has 0 saturated carbocycles. The third-order valence-electron chi connectivity index (χ3n) is 3.45. The lowest BCUT2D eigenvalue weighted by Gasteiger charge is -2.09. The summed E-state index contributed by atoms with van der Waals surface area (Å²) < 4.78 is 5.82. The third-order valence-corrected chi connectivity index (χ3v) is 4.22. The lowest BCUT2D eigenvalue weighted by Crippen LogP contribution is -2.04. The van der Waals surface area contributed by atoms with Crippen molar-refractivity contribution in [3.8, 4) is 5.69 Å². The van der Waals surface area contributed by atoms with Gasteiger partial charge in [0.05, 0.1) is 11.4 Å². The third kappa shape index (κ3) is 1.94. The van der Waals surface area contributed by atoms with Gasteiger partial charge in [-0.05, 0) is 56.8 Å². The van der Waals surface area contributed by atoms with Gasteiger partial charge in [-0.3, -0.25) is 4.57 Å². The first-order valence-electron chi connectivity index (χ1n) is 6.47. The van der Waals surface area contributed by atoms with Crippen LogP contribution in [0.25, 0.3) is 16.9 Å². The molecular formula is C14H15BrN4S. The number of halogens is 1. The largest absolute Gasteiger partial charge is 0.327 e. The molecule has 1 aromatic carbocycles. The standard InChI is InChI=1S/C14H15BrN4S/c1-4-18-13-12(9(3)17-18)16-14(20)19(13)11-6-5-10(15)7-8(11)2/h5-7H,4H2,1-3H3,(H,16,20). The number of aromatic amines is 1. The van der Waals surface area contributed by atoms with Crippen LogP contribution in [0.4, 0.5) is 0 Å². The molecule has 0 fully saturated rings. The van der Waals surface area contributed by atoms with E-state index in [1.165, 1.54) is 0 Å². The minimum Gasteiger partial charge on any atom is -0.327 e. The molecule has 0 spiro atoms. The van der Waals surface area contributed by atoms with Gasteiger partial charge in [0.1, 0.15) is 5.52 Å². The first kappa shape index (κ1) is 13.6. The lowest BCUT2D eigenvalue weighted by molar-refractivity contribution is 0.661. The van der Waals surface area contributed by atoms with E-state index in [0.717, 1.165) is 39.1 Å². The molecule has 0 radical (unpaired) electrons. The van der Waals surface area contributed by atoms with Crippen molar-refractivity contribution in [1.82, 2.24) is 19.3 Å². The zero-order chi connectivity index (χ0) is 14.4. The number of aryl methyl sites for hydroxylation is 3. The number of hydrogen-bond donors (Lipinski definition) is 1. The number of nitrogens with one attached hydrogen (secondary N) is 1. The maximum Gasteiger partial charge on any atom is 0.184 e. The number of benzene rings is 1. The van der Waals surface area contributed by atoms with E-state index < -0.39 is 0 Å². The molecule has 0 amide bonds. The van der Waals surface area contributed by atoms with E-state index >= 15 is 0 Å². The van der Waals surface area contributed by atoms with Gasteiger partial charge in [-0.1, -0.05) is 15.9 Å². The number of imidazole rings is 1. The van der Waals surface area contributed by atoms with Gasteiger partial charge < -0.3 is 4.98 Å². The van der Waals surface area contributed by atoms with Crippen LogP contribution >= 0.6 is 28.1 Å². The normalized spacial score (nSPS) is 11.4. The van der Waals surface area contributed by atoms with Gasteiger partial charge in [0, 0.05) is 11.0 Å². The van der Waals surface area contributed by atoms with Crippen LogP contribution in [0.2, 0.25) is 0 Å².